The van der Waals surface area contributed by atoms with Gasteiger partial charge in [0, 0.05) is 6.42 Å². The summed E-state index contributed by atoms with van der Waals surface area (Å²) in [5.41, 5.74) is 0. The van der Waals surface area contributed by atoms with Gasteiger partial charge in [-0.05, 0) is 25.7 Å². The van der Waals surface area contributed by atoms with Crippen molar-refractivity contribution < 1.29 is 5.11 Å². The second-order valence-corrected chi connectivity index (χ2v) is 3.17. The van der Waals surface area contributed by atoms with Gasteiger partial charge in [-0.1, -0.05) is 19.1 Å². The molecule has 0 saturated heterocycles. The summed E-state index contributed by atoms with van der Waals surface area (Å²) < 4.78 is 0. The van der Waals surface area contributed by atoms with E-state index in [1.54, 1.807) is 0 Å². The molecule has 2 atom stereocenters. The van der Waals surface area contributed by atoms with Gasteiger partial charge in [-0.15, -0.1) is 12.3 Å². The lowest BCUT2D eigenvalue weighted by atomic mass is 10.0. The van der Waals surface area contributed by atoms with Gasteiger partial charge in [-0.2, -0.15) is 0 Å². The van der Waals surface area contributed by atoms with Gasteiger partial charge >= 0.3 is 0 Å². The van der Waals surface area contributed by atoms with E-state index in [1.807, 2.05) is 13.8 Å². The minimum absolute atomic E-state index is 0.220. The van der Waals surface area contributed by atoms with Gasteiger partial charge in [-0.3, -0.25) is 0 Å². The number of aliphatic hydroxyl groups excluding tert-OH is 1. The summed E-state index contributed by atoms with van der Waals surface area (Å²) in [6.45, 7) is 3.86. The third-order valence-electron chi connectivity index (χ3n) is 1.95. The molecule has 0 rings (SSSR count). The third kappa shape index (κ3) is 6.00. The summed E-state index contributed by atoms with van der Waals surface area (Å²) in [5, 5.41) is 9.16. The van der Waals surface area contributed by atoms with Crippen molar-refractivity contribution in [2.24, 2.45) is 5.92 Å². The van der Waals surface area contributed by atoms with Crippen LogP contribution in [0.1, 0.15) is 33.1 Å². The predicted molar refractivity (Wildman–Crippen MR) is 52.7 cm³/mol. The van der Waals surface area contributed by atoms with Crippen molar-refractivity contribution in [1.29, 1.82) is 0 Å². The van der Waals surface area contributed by atoms with Crippen LogP contribution in [-0.4, -0.2) is 11.2 Å². The number of rotatable bonds is 5. The van der Waals surface area contributed by atoms with Crippen LogP contribution in [-0.2, 0) is 0 Å². The highest BCUT2D eigenvalue weighted by Crippen LogP contribution is 2.08. The molecule has 0 heterocycles. The fourth-order valence-electron chi connectivity index (χ4n) is 0.792. The van der Waals surface area contributed by atoms with Gasteiger partial charge in [0.25, 0.3) is 0 Å². The summed E-state index contributed by atoms with van der Waals surface area (Å²) >= 11 is 0. The van der Waals surface area contributed by atoms with Crippen molar-refractivity contribution in [3.8, 4) is 12.3 Å². The number of aliphatic hydroxyl groups is 1. The first-order valence-corrected chi connectivity index (χ1v) is 4.45. The van der Waals surface area contributed by atoms with Crippen LogP contribution < -0.4 is 0 Å². The molecular weight excluding hydrogens is 148 g/mol. The Labute approximate surface area is 75.5 Å². The minimum Gasteiger partial charge on any atom is -0.393 e. The normalized spacial score (nSPS) is 15.8. The molecule has 0 radical (unpaired) electrons. The second kappa shape index (κ2) is 6.94. The highest BCUT2D eigenvalue weighted by Gasteiger charge is 2.04. The highest BCUT2D eigenvalue weighted by molar-refractivity contribution is 4.91. The van der Waals surface area contributed by atoms with Gasteiger partial charge in [0.15, 0.2) is 0 Å². The maximum atomic E-state index is 9.16. The number of unbranched alkanes of at least 4 members (excludes halogenated alkanes) is 1. The van der Waals surface area contributed by atoms with Crippen molar-refractivity contribution >= 4 is 0 Å². The Hall–Kier alpha value is -0.740. The molecule has 0 saturated carbocycles. The average molecular weight is 166 g/mol. The van der Waals surface area contributed by atoms with Crippen LogP contribution in [0.3, 0.4) is 0 Å². The van der Waals surface area contributed by atoms with E-state index < -0.39 is 0 Å². The molecule has 0 aliphatic heterocycles. The molecule has 0 aliphatic rings. The Morgan fingerprint density at radius 2 is 2.08 bits per heavy atom. The fourth-order valence-corrected chi connectivity index (χ4v) is 0.792. The lowest BCUT2D eigenvalue weighted by molar-refractivity contribution is 0.136. The Kier molecular flexibility index (Phi) is 6.51. The van der Waals surface area contributed by atoms with E-state index in [1.165, 1.54) is 0 Å². The molecule has 1 N–H and O–H groups in total. The van der Waals surface area contributed by atoms with E-state index in [0.29, 0.717) is 5.92 Å². The van der Waals surface area contributed by atoms with Crippen molar-refractivity contribution in [3.05, 3.63) is 12.2 Å². The molecule has 1 heteroatoms. The molecule has 0 aromatic heterocycles. The van der Waals surface area contributed by atoms with E-state index in [2.05, 4.69) is 18.1 Å². The number of hydrogen-bond donors (Lipinski definition) is 1. The Morgan fingerprint density at radius 1 is 1.42 bits per heavy atom. The Bertz CT molecular complexity index is 162. The SMILES string of the molecule is C#CCC/C=C/C[C@@H](C)[C@H](C)O. The van der Waals surface area contributed by atoms with Crippen LogP contribution in [0.15, 0.2) is 12.2 Å². The lowest BCUT2D eigenvalue weighted by Gasteiger charge is -2.10. The Morgan fingerprint density at radius 3 is 2.58 bits per heavy atom. The summed E-state index contributed by atoms with van der Waals surface area (Å²) in [6, 6.07) is 0. The van der Waals surface area contributed by atoms with E-state index in [0.717, 1.165) is 19.3 Å². The number of allylic oxidation sites excluding steroid dienone is 2. The zero-order valence-electron chi connectivity index (χ0n) is 7.96. The molecule has 0 aromatic carbocycles. The highest BCUT2D eigenvalue weighted by atomic mass is 16.3. The van der Waals surface area contributed by atoms with E-state index in [4.69, 9.17) is 11.5 Å². The average Bonchev–Trinajstić information content (AvgIpc) is 2.03. The third-order valence-corrected chi connectivity index (χ3v) is 1.95. The quantitative estimate of drug-likeness (QED) is 0.377. The molecule has 0 amide bonds. The molecule has 68 valence electrons. The fraction of sp³-hybridized carbons (Fsp3) is 0.636. The first kappa shape index (κ1) is 11.3. The monoisotopic (exact) mass is 166 g/mol. The molecule has 0 aromatic rings. The summed E-state index contributed by atoms with van der Waals surface area (Å²) in [7, 11) is 0. The van der Waals surface area contributed by atoms with Crippen LogP contribution in [0.2, 0.25) is 0 Å². The van der Waals surface area contributed by atoms with E-state index in [-0.39, 0.29) is 6.10 Å². The van der Waals surface area contributed by atoms with Gasteiger partial charge in [0.2, 0.25) is 0 Å². The van der Waals surface area contributed by atoms with Crippen LogP contribution in [0.4, 0.5) is 0 Å². The largest absolute Gasteiger partial charge is 0.393 e. The summed E-state index contributed by atoms with van der Waals surface area (Å²) in [6.07, 6.45) is 11.7. The maximum Gasteiger partial charge on any atom is 0.0540 e. The van der Waals surface area contributed by atoms with E-state index >= 15 is 0 Å². The first-order chi connectivity index (χ1) is 5.68. The Balaban J connectivity index is 3.41. The van der Waals surface area contributed by atoms with E-state index in [9.17, 15) is 0 Å². The lowest BCUT2D eigenvalue weighted by Crippen LogP contribution is -2.11. The predicted octanol–water partition coefficient (Wildman–Crippen LogP) is 2.36. The molecule has 12 heavy (non-hydrogen) atoms. The minimum atomic E-state index is -0.220. The molecular formula is C11H18O. The number of hydrogen-bond acceptors (Lipinski definition) is 1. The van der Waals surface area contributed by atoms with Crippen LogP contribution in [0.5, 0.6) is 0 Å². The number of terminal acetylenes is 1. The maximum absolute atomic E-state index is 9.16. The van der Waals surface area contributed by atoms with Crippen molar-refractivity contribution in [2.45, 2.75) is 39.2 Å². The second-order valence-electron chi connectivity index (χ2n) is 3.17. The van der Waals surface area contributed by atoms with Gasteiger partial charge < -0.3 is 5.11 Å². The molecule has 0 unspecified atom stereocenters. The van der Waals surface area contributed by atoms with Crippen LogP contribution in [0.25, 0.3) is 0 Å². The molecule has 0 spiro atoms. The van der Waals surface area contributed by atoms with Crippen molar-refractivity contribution in [3.63, 3.8) is 0 Å². The van der Waals surface area contributed by atoms with Crippen molar-refractivity contribution in [2.75, 3.05) is 0 Å². The smallest absolute Gasteiger partial charge is 0.0540 e. The molecule has 0 aliphatic carbocycles. The van der Waals surface area contributed by atoms with Gasteiger partial charge in [0.05, 0.1) is 6.10 Å². The van der Waals surface area contributed by atoms with Crippen LogP contribution >= 0.6 is 0 Å². The summed E-state index contributed by atoms with van der Waals surface area (Å²) in [4.78, 5) is 0. The topological polar surface area (TPSA) is 20.2 Å². The zero-order valence-corrected chi connectivity index (χ0v) is 7.96. The van der Waals surface area contributed by atoms with Gasteiger partial charge in [0.1, 0.15) is 0 Å². The molecule has 0 fully saturated rings. The van der Waals surface area contributed by atoms with Gasteiger partial charge in [-0.25, -0.2) is 0 Å². The van der Waals surface area contributed by atoms with Crippen molar-refractivity contribution in [1.82, 2.24) is 0 Å². The summed E-state index contributed by atoms with van der Waals surface area (Å²) in [5.74, 6) is 2.92. The first-order valence-electron chi connectivity index (χ1n) is 4.45. The molecule has 1 nitrogen and oxygen atoms in total. The zero-order chi connectivity index (χ0) is 9.40. The molecule has 0 bridgehead atoms. The van der Waals surface area contributed by atoms with Crippen LogP contribution in [0, 0.1) is 18.3 Å². The standard InChI is InChI=1S/C11H18O/c1-4-5-6-7-8-9-10(2)11(3)12/h1,7-8,10-12H,5-6,9H2,2-3H3/b8-7+/t10-,11+/m1/s1.